The van der Waals surface area contributed by atoms with Gasteiger partial charge in [0, 0.05) is 88.9 Å². The van der Waals surface area contributed by atoms with Crippen molar-refractivity contribution in [2.24, 2.45) is 0 Å². The zero-order valence-electron chi connectivity index (χ0n) is 62.7. The van der Waals surface area contributed by atoms with Crippen LogP contribution in [0.25, 0.3) is 116 Å². The van der Waals surface area contributed by atoms with Gasteiger partial charge < -0.3 is 23.5 Å². The van der Waals surface area contributed by atoms with Crippen molar-refractivity contribution in [3.8, 4) is 50.4 Å². The van der Waals surface area contributed by atoms with Crippen LogP contribution in [0.4, 0.5) is 34.1 Å². The molecule has 17 aromatic rings. The zero-order chi connectivity index (χ0) is 72.4. The van der Waals surface area contributed by atoms with Gasteiger partial charge in [-0.05, 0) is 204 Å². The molecule has 0 bridgehead atoms. The summed E-state index contributed by atoms with van der Waals surface area (Å²) < 4.78 is 7.53. The summed E-state index contributed by atoms with van der Waals surface area (Å²) in [6.07, 6.45) is 0. The van der Waals surface area contributed by atoms with E-state index in [0.29, 0.717) is 0 Å². The minimum atomic E-state index is -0.295. The van der Waals surface area contributed by atoms with Gasteiger partial charge in [0.25, 0.3) is 6.71 Å². The first-order chi connectivity index (χ1) is 51.1. The van der Waals surface area contributed by atoms with Crippen LogP contribution in [0.2, 0.25) is 0 Å². The fraction of sp³-hybridized carbons (Fsp3) is 0.160. The Morgan fingerprint density at radius 3 is 1.06 bits per heavy atom. The number of para-hydroxylation sites is 3. The molecule has 14 aromatic carbocycles. The molecule has 5 nitrogen and oxygen atoms in total. The van der Waals surface area contributed by atoms with E-state index in [4.69, 9.17) is 0 Å². The lowest BCUT2D eigenvalue weighted by atomic mass is 9.33. The van der Waals surface area contributed by atoms with Crippen LogP contribution in [0.5, 0.6) is 0 Å². The minimum Gasteiger partial charge on any atom is -0.311 e. The molecule has 0 amide bonds. The molecule has 0 saturated heterocycles. The van der Waals surface area contributed by atoms with E-state index in [1.807, 2.05) is 0 Å². The monoisotopic (exact) mass is 1370 g/mol. The number of aromatic nitrogens is 3. The maximum absolute atomic E-state index is 2.73. The second-order valence-corrected chi connectivity index (χ2v) is 33.8. The SMILES string of the molecule is CC(C)(C)c1cc(-c2ccccc2)c(N2c3cc(-n4c5ccc(C(C)(C)C)cc5c5cc(C(C)(C)C)ccc54)ccc3B3c4ccc(-n5c6ccccc6c6cc(-n7c8ccccc8c8ccccc87)ccc65)cc4N(c4cccc(-c5ccccc5)c4)c4cc(C(C)(C)C)cc2c43)c(-c2ccccc2)c1. The lowest BCUT2D eigenvalue weighted by molar-refractivity contribution is 0.590. The van der Waals surface area contributed by atoms with Gasteiger partial charge >= 0.3 is 0 Å². The van der Waals surface area contributed by atoms with E-state index >= 15 is 0 Å². The van der Waals surface area contributed by atoms with Crippen molar-refractivity contribution in [3.63, 3.8) is 0 Å². The molecule has 3 aromatic heterocycles. The summed E-state index contributed by atoms with van der Waals surface area (Å²) in [5, 5.41) is 7.45. The van der Waals surface area contributed by atoms with Crippen molar-refractivity contribution in [2.75, 3.05) is 9.80 Å². The molecule has 106 heavy (non-hydrogen) atoms. The van der Waals surface area contributed by atoms with Crippen LogP contribution in [-0.4, -0.2) is 20.4 Å². The Kier molecular flexibility index (Phi) is 14.6. The molecule has 514 valence electrons. The Morgan fingerprint density at radius 2 is 0.585 bits per heavy atom. The number of fused-ring (bicyclic) bond motifs is 13. The molecular formula is C100H86BN5. The molecule has 0 spiro atoms. The maximum Gasteiger partial charge on any atom is 0.252 e. The van der Waals surface area contributed by atoms with Gasteiger partial charge in [0.1, 0.15) is 0 Å². The molecule has 0 fully saturated rings. The Morgan fingerprint density at radius 1 is 0.226 bits per heavy atom. The summed E-state index contributed by atoms with van der Waals surface area (Å²) in [4.78, 5) is 5.36. The fourth-order valence-electron chi connectivity index (χ4n) is 17.4. The van der Waals surface area contributed by atoms with Gasteiger partial charge in [-0.2, -0.15) is 0 Å². The van der Waals surface area contributed by atoms with Crippen molar-refractivity contribution < 1.29 is 0 Å². The smallest absolute Gasteiger partial charge is 0.252 e. The van der Waals surface area contributed by atoms with Crippen LogP contribution >= 0.6 is 0 Å². The van der Waals surface area contributed by atoms with Crippen molar-refractivity contribution in [2.45, 2.75) is 105 Å². The van der Waals surface area contributed by atoms with E-state index in [1.54, 1.807) is 0 Å². The van der Waals surface area contributed by atoms with Crippen LogP contribution in [0.3, 0.4) is 0 Å². The van der Waals surface area contributed by atoms with E-state index in [1.165, 1.54) is 132 Å². The highest BCUT2D eigenvalue weighted by molar-refractivity contribution is 7.00. The Balaban J connectivity index is 0.928. The Labute approximate surface area is 623 Å². The first kappa shape index (κ1) is 64.9. The van der Waals surface area contributed by atoms with E-state index in [-0.39, 0.29) is 28.4 Å². The van der Waals surface area contributed by atoms with Crippen LogP contribution in [0.1, 0.15) is 105 Å². The molecule has 0 aliphatic carbocycles. The summed E-state index contributed by atoms with van der Waals surface area (Å²) in [5.74, 6) is 0. The lowest BCUT2D eigenvalue weighted by Gasteiger charge is -2.46. The summed E-state index contributed by atoms with van der Waals surface area (Å²) in [6, 6.07) is 116. The molecular weight excluding hydrogens is 1280 g/mol. The first-order valence-corrected chi connectivity index (χ1v) is 37.8. The molecule has 5 heterocycles. The standard InChI is InChI=1S/C100H86BN5/c1-97(2,3)67-43-50-88-80(54-67)81-55-68(98(4,5)6)44-51-89(81)104(88)74-46-49-84-92(62-74)106(96-78(64-31-18-14-19-32-64)56-69(99(7,8)9)57-79(96)65-33-20-15-21-34-65)94-59-70(100(10,11)12)58-93-95(94)101(84)83-48-45-73(61-91(83)105(93)71-36-28-35-66(53-71)63-29-16-13-17-30-63)103-87-42-27-24-39-77(87)82-60-72(47-52-90(82)103)102-85-40-25-22-37-75(85)76-38-23-26-41-86(76)102/h13-62H,1-12H3. The van der Waals surface area contributed by atoms with Gasteiger partial charge in [-0.15, -0.1) is 0 Å². The van der Waals surface area contributed by atoms with Crippen molar-refractivity contribution >= 4 is 123 Å². The van der Waals surface area contributed by atoms with Crippen molar-refractivity contribution in [1.82, 2.24) is 13.7 Å². The predicted octanol–water partition coefficient (Wildman–Crippen LogP) is 25.3. The van der Waals surface area contributed by atoms with E-state index in [2.05, 4.69) is 410 Å². The number of anilines is 6. The Bertz CT molecular complexity index is 6250. The van der Waals surface area contributed by atoms with Crippen molar-refractivity contribution in [3.05, 3.63) is 326 Å². The topological polar surface area (TPSA) is 21.3 Å². The molecule has 0 N–H and O–H groups in total. The van der Waals surface area contributed by atoms with Gasteiger partial charge in [0.2, 0.25) is 0 Å². The molecule has 0 unspecified atom stereocenters. The van der Waals surface area contributed by atoms with Gasteiger partial charge in [-0.1, -0.05) is 265 Å². The predicted molar refractivity (Wildman–Crippen MR) is 455 cm³/mol. The van der Waals surface area contributed by atoms with Gasteiger partial charge in [-0.3, -0.25) is 0 Å². The lowest BCUT2D eigenvalue weighted by Crippen LogP contribution is -2.61. The summed E-state index contributed by atoms with van der Waals surface area (Å²) in [6.45, 7) is 28.0. The summed E-state index contributed by atoms with van der Waals surface area (Å²) in [5.41, 5.74) is 32.7. The second-order valence-electron chi connectivity index (χ2n) is 33.8. The number of benzene rings is 14. The molecule has 2 aliphatic heterocycles. The normalized spacial score (nSPS) is 13.2. The highest BCUT2D eigenvalue weighted by Gasteiger charge is 2.46. The first-order valence-electron chi connectivity index (χ1n) is 37.8. The molecule has 2 aliphatic rings. The average molecular weight is 1370 g/mol. The Hall–Kier alpha value is -11.9. The zero-order valence-corrected chi connectivity index (χ0v) is 62.7. The van der Waals surface area contributed by atoms with Crippen LogP contribution in [0.15, 0.2) is 303 Å². The molecule has 0 saturated carbocycles. The van der Waals surface area contributed by atoms with E-state index in [9.17, 15) is 0 Å². The number of hydrogen-bond acceptors (Lipinski definition) is 2. The maximum atomic E-state index is 2.73. The fourth-order valence-corrected chi connectivity index (χ4v) is 17.4. The third kappa shape index (κ3) is 10.3. The second kappa shape index (κ2) is 23.8. The number of nitrogens with zero attached hydrogens (tertiary/aromatic N) is 5. The van der Waals surface area contributed by atoms with E-state index in [0.717, 1.165) is 56.4 Å². The van der Waals surface area contributed by atoms with Crippen LogP contribution in [0, 0.1) is 0 Å². The minimum absolute atomic E-state index is 0.0514. The summed E-state index contributed by atoms with van der Waals surface area (Å²) >= 11 is 0. The van der Waals surface area contributed by atoms with Gasteiger partial charge in [0.15, 0.2) is 0 Å². The molecule has 0 atom stereocenters. The third-order valence-corrected chi connectivity index (χ3v) is 23.0. The highest BCUT2D eigenvalue weighted by atomic mass is 15.2. The quantitative estimate of drug-likeness (QED) is 0.141. The average Bonchev–Trinajstić information content (AvgIpc) is 0.932. The van der Waals surface area contributed by atoms with Crippen LogP contribution in [-0.2, 0) is 21.7 Å². The van der Waals surface area contributed by atoms with Crippen LogP contribution < -0.4 is 26.2 Å². The molecule has 19 rings (SSSR count). The van der Waals surface area contributed by atoms with Gasteiger partial charge in [0.05, 0.1) is 38.8 Å². The third-order valence-electron chi connectivity index (χ3n) is 23.0. The van der Waals surface area contributed by atoms with Crippen molar-refractivity contribution in [1.29, 1.82) is 0 Å². The highest BCUT2D eigenvalue weighted by Crippen LogP contribution is 2.54. The van der Waals surface area contributed by atoms with Gasteiger partial charge in [-0.25, -0.2) is 0 Å². The summed E-state index contributed by atoms with van der Waals surface area (Å²) in [7, 11) is 0. The number of hydrogen-bond donors (Lipinski definition) is 0. The molecule has 0 radical (unpaired) electrons. The largest absolute Gasteiger partial charge is 0.311 e. The number of rotatable bonds is 8. The van der Waals surface area contributed by atoms with E-state index < -0.39 is 0 Å². The molecule has 6 heteroatoms.